The molecule has 1 aliphatic rings. The summed E-state index contributed by atoms with van der Waals surface area (Å²) >= 11 is 11.7. The number of carbonyl (C=O) groups is 3. The fourth-order valence-electron chi connectivity index (χ4n) is 2.70. The average molecular weight is 417 g/mol. The number of nitrogens with one attached hydrogen (secondary N) is 1. The van der Waals surface area contributed by atoms with Crippen LogP contribution in [0.5, 0.6) is 0 Å². The molecule has 7 nitrogen and oxygen atoms in total. The Balaban J connectivity index is 1.68. The maximum atomic E-state index is 12.0. The molecular formula is C18H22Cl2N2O5. The Morgan fingerprint density at radius 3 is 2.48 bits per heavy atom. The maximum Gasteiger partial charge on any atom is 0.409 e. The zero-order valence-electron chi connectivity index (χ0n) is 15.0. The van der Waals surface area contributed by atoms with Crippen molar-refractivity contribution in [2.45, 2.75) is 32.2 Å². The Labute approximate surface area is 167 Å². The molecule has 0 spiro atoms. The number of likely N-dealkylation sites (tertiary alicyclic amines) is 1. The van der Waals surface area contributed by atoms with Crippen LogP contribution in [0.25, 0.3) is 0 Å². The van der Waals surface area contributed by atoms with E-state index < -0.39 is 5.97 Å². The van der Waals surface area contributed by atoms with Crippen molar-refractivity contribution < 1.29 is 23.9 Å². The lowest BCUT2D eigenvalue weighted by atomic mass is 10.1. The van der Waals surface area contributed by atoms with Crippen LogP contribution in [0.15, 0.2) is 18.2 Å². The van der Waals surface area contributed by atoms with Gasteiger partial charge in [-0.3, -0.25) is 9.59 Å². The highest BCUT2D eigenvalue weighted by atomic mass is 35.5. The van der Waals surface area contributed by atoms with Gasteiger partial charge in [-0.2, -0.15) is 0 Å². The van der Waals surface area contributed by atoms with Gasteiger partial charge in [0.05, 0.1) is 23.1 Å². The van der Waals surface area contributed by atoms with E-state index in [0.29, 0.717) is 48.1 Å². The van der Waals surface area contributed by atoms with Gasteiger partial charge in [0.1, 0.15) is 0 Å². The molecule has 1 heterocycles. The Hall–Kier alpha value is -1.99. The molecule has 9 heteroatoms. The van der Waals surface area contributed by atoms with E-state index in [0.717, 1.165) is 0 Å². The molecule has 1 saturated heterocycles. The van der Waals surface area contributed by atoms with Crippen LogP contribution in [0.2, 0.25) is 10.0 Å². The predicted octanol–water partition coefficient (Wildman–Crippen LogP) is 2.82. The fraction of sp³-hybridized carbons (Fsp3) is 0.500. The molecule has 2 rings (SSSR count). The van der Waals surface area contributed by atoms with Crippen LogP contribution in [0.3, 0.4) is 0 Å². The van der Waals surface area contributed by atoms with E-state index in [9.17, 15) is 14.4 Å². The number of piperidine rings is 1. The highest BCUT2D eigenvalue weighted by molar-refractivity contribution is 6.42. The van der Waals surface area contributed by atoms with Crippen molar-refractivity contribution in [2.24, 2.45) is 0 Å². The van der Waals surface area contributed by atoms with E-state index in [4.69, 9.17) is 32.7 Å². The number of rotatable bonds is 6. The van der Waals surface area contributed by atoms with Crippen molar-refractivity contribution >= 4 is 41.2 Å². The first kappa shape index (κ1) is 21.3. The van der Waals surface area contributed by atoms with E-state index in [-0.39, 0.29) is 31.1 Å². The fourth-order valence-corrected chi connectivity index (χ4v) is 3.02. The van der Waals surface area contributed by atoms with Gasteiger partial charge in [0.25, 0.3) is 5.91 Å². The van der Waals surface area contributed by atoms with Crippen LogP contribution in [-0.2, 0) is 25.5 Å². The van der Waals surface area contributed by atoms with Gasteiger partial charge < -0.3 is 19.7 Å². The van der Waals surface area contributed by atoms with Crippen LogP contribution in [-0.4, -0.2) is 55.2 Å². The SMILES string of the molecule is CCOC(=O)N1CCC(NC(=O)COC(=O)Cc2ccc(Cl)c(Cl)c2)CC1. The number of halogens is 2. The lowest BCUT2D eigenvalue weighted by molar-refractivity contribution is -0.148. The first-order valence-corrected chi connectivity index (χ1v) is 9.45. The molecule has 0 saturated carbocycles. The summed E-state index contributed by atoms with van der Waals surface area (Å²) in [4.78, 5) is 37.1. The van der Waals surface area contributed by atoms with Gasteiger partial charge in [0.2, 0.25) is 0 Å². The van der Waals surface area contributed by atoms with Crippen LogP contribution < -0.4 is 5.32 Å². The second kappa shape index (κ2) is 10.4. The quantitative estimate of drug-likeness (QED) is 0.720. The van der Waals surface area contributed by atoms with Crippen LogP contribution in [0, 0.1) is 0 Å². The molecule has 1 aromatic rings. The standard InChI is InChI=1S/C18H22Cl2N2O5/c1-2-26-18(25)22-7-5-13(6-8-22)21-16(23)11-27-17(24)10-12-3-4-14(19)15(20)9-12/h3-4,9,13H,2,5-8,10-11H2,1H3,(H,21,23). The number of ether oxygens (including phenoxy) is 2. The molecule has 1 N–H and O–H groups in total. The van der Waals surface area contributed by atoms with E-state index in [1.165, 1.54) is 0 Å². The molecule has 1 aliphatic heterocycles. The summed E-state index contributed by atoms with van der Waals surface area (Å²) in [6, 6.07) is 4.80. The van der Waals surface area contributed by atoms with Gasteiger partial charge in [-0.25, -0.2) is 4.79 Å². The molecule has 0 unspecified atom stereocenters. The summed E-state index contributed by atoms with van der Waals surface area (Å²) in [6.45, 7) is 2.77. The van der Waals surface area contributed by atoms with Crippen LogP contribution in [0.4, 0.5) is 4.79 Å². The maximum absolute atomic E-state index is 12.0. The van der Waals surface area contributed by atoms with Crippen LogP contribution >= 0.6 is 23.2 Å². The second-order valence-corrected chi connectivity index (χ2v) is 6.93. The minimum Gasteiger partial charge on any atom is -0.455 e. The highest BCUT2D eigenvalue weighted by Gasteiger charge is 2.24. The number of amides is 2. The van der Waals surface area contributed by atoms with Gasteiger partial charge in [-0.15, -0.1) is 0 Å². The summed E-state index contributed by atoms with van der Waals surface area (Å²) in [7, 11) is 0. The van der Waals surface area contributed by atoms with Crippen molar-refractivity contribution in [1.29, 1.82) is 0 Å². The van der Waals surface area contributed by atoms with Gasteiger partial charge >= 0.3 is 12.1 Å². The van der Waals surface area contributed by atoms with Crippen molar-refractivity contribution in [3.8, 4) is 0 Å². The molecule has 0 aromatic heterocycles. The van der Waals surface area contributed by atoms with E-state index >= 15 is 0 Å². The van der Waals surface area contributed by atoms with Gasteiger partial charge in [0, 0.05) is 19.1 Å². The molecule has 1 aromatic carbocycles. The normalized spacial score (nSPS) is 14.6. The van der Waals surface area contributed by atoms with E-state index in [2.05, 4.69) is 5.32 Å². The smallest absolute Gasteiger partial charge is 0.409 e. The molecule has 0 atom stereocenters. The van der Waals surface area contributed by atoms with Crippen molar-refractivity contribution in [2.75, 3.05) is 26.3 Å². The van der Waals surface area contributed by atoms with E-state index in [1.54, 1.807) is 30.0 Å². The first-order valence-electron chi connectivity index (χ1n) is 8.69. The molecule has 2 amide bonds. The Morgan fingerprint density at radius 1 is 1.15 bits per heavy atom. The zero-order valence-corrected chi connectivity index (χ0v) is 16.5. The van der Waals surface area contributed by atoms with Gasteiger partial charge in [-0.1, -0.05) is 29.3 Å². The summed E-state index contributed by atoms with van der Waals surface area (Å²) in [5.41, 5.74) is 0.654. The zero-order chi connectivity index (χ0) is 19.8. The minimum atomic E-state index is -0.527. The topological polar surface area (TPSA) is 84.9 Å². The molecule has 0 aliphatic carbocycles. The largest absolute Gasteiger partial charge is 0.455 e. The second-order valence-electron chi connectivity index (χ2n) is 6.11. The first-order chi connectivity index (χ1) is 12.9. The third-order valence-electron chi connectivity index (χ3n) is 4.08. The molecule has 1 fully saturated rings. The molecule has 27 heavy (non-hydrogen) atoms. The third kappa shape index (κ3) is 6.92. The number of benzene rings is 1. The molecule has 0 bridgehead atoms. The Bertz CT molecular complexity index is 690. The minimum absolute atomic E-state index is 0.00208. The highest BCUT2D eigenvalue weighted by Crippen LogP contribution is 2.22. The molecule has 148 valence electrons. The van der Waals surface area contributed by atoms with Crippen molar-refractivity contribution in [1.82, 2.24) is 10.2 Å². The number of hydrogen-bond donors (Lipinski definition) is 1. The van der Waals surface area contributed by atoms with Crippen molar-refractivity contribution in [3.63, 3.8) is 0 Å². The summed E-state index contributed by atoms with van der Waals surface area (Å²) in [5.74, 6) is -0.896. The van der Waals surface area contributed by atoms with Crippen molar-refractivity contribution in [3.05, 3.63) is 33.8 Å². The molecular weight excluding hydrogens is 395 g/mol. The van der Waals surface area contributed by atoms with Gasteiger partial charge in [-0.05, 0) is 37.5 Å². The number of nitrogens with zero attached hydrogens (tertiary/aromatic N) is 1. The number of hydrogen-bond acceptors (Lipinski definition) is 5. The molecule has 0 radical (unpaired) electrons. The third-order valence-corrected chi connectivity index (χ3v) is 4.82. The lowest BCUT2D eigenvalue weighted by Crippen LogP contribution is -2.47. The van der Waals surface area contributed by atoms with Gasteiger partial charge in [0.15, 0.2) is 6.61 Å². The Morgan fingerprint density at radius 2 is 1.85 bits per heavy atom. The monoisotopic (exact) mass is 416 g/mol. The predicted molar refractivity (Wildman–Crippen MR) is 101 cm³/mol. The van der Waals surface area contributed by atoms with E-state index in [1.807, 2.05) is 0 Å². The summed E-state index contributed by atoms with van der Waals surface area (Å²) in [6.07, 6.45) is 0.921. The lowest BCUT2D eigenvalue weighted by Gasteiger charge is -2.31. The summed E-state index contributed by atoms with van der Waals surface area (Å²) in [5, 5.41) is 3.57. The Kier molecular flexibility index (Phi) is 8.19. The number of esters is 1. The van der Waals surface area contributed by atoms with Crippen LogP contribution in [0.1, 0.15) is 25.3 Å². The average Bonchev–Trinajstić information content (AvgIpc) is 2.64. The summed E-state index contributed by atoms with van der Waals surface area (Å²) < 4.78 is 9.95. The number of carbonyl (C=O) groups excluding carboxylic acids is 3.